The lowest BCUT2D eigenvalue weighted by Gasteiger charge is -2.18. The third kappa shape index (κ3) is 1.75. The van der Waals surface area contributed by atoms with E-state index < -0.39 is 0 Å². The van der Waals surface area contributed by atoms with Crippen LogP contribution in [0.2, 0.25) is 0 Å². The van der Waals surface area contributed by atoms with Gasteiger partial charge in [-0.2, -0.15) is 0 Å². The molecule has 0 aromatic heterocycles. The molecule has 0 aromatic rings. The van der Waals surface area contributed by atoms with E-state index >= 15 is 0 Å². The lowest BCUT2D eigenvalue weighted by molar-refractivity contribution is 0.425. The summed E-state index contributed by atoms with van der Waals surface area (Å²) in [5.41, 5.74) is 1.41. The predicted octanol–water partition coefficient (Wildman–Crippen LogP) is 2.98. The Morgan fingerprint density at radius 2 is 2.07 bits per heavy atom. The molecule has 2 aliphatic rings. The van der Waals surface area contributed by atoms with Crippen LogP contribution in [0, 0.1) is 17.8 Å². The molecule has 14 heavy (non-hydrogen) atoms. The highest BCUT2D eigenvalue weighted by Gasteiger charge is 2.55. The summed E-state index contributed by atoms with van der Waals surface area (Å²) < 4.78 is 0. The van der Waals surface area contributed by atoms with Gasteiger partial charge in [-0.05, 0) is 50.5 Å². The van der Waals surface area contributed by atoms with Crippen molar-refractivity contribution in [3.8, 4) is 0 Å². The maximum Gasteiger partial charge on any atom is 0.0135 e. The first-order chi connectivity index (χ1) is 6.77. The lowest BCUT2D eigenvalue weighted by atomic mass is 9.97. The van der Waals surface area contributed by atoms with E-state index in [9.17, 15) is 0 Å². The predicted molar refractivity (Wildman–Crippen MR) is 61.2 cm³/mol. The first-order valence-electron chi connectivity index (χ1n) is 6.11. The second-order valence-corrected chi connectivity index (χ2v) is 5.04. The molecule has 2 fully saturated rings. The average molecular weight is 193 g/mol. The van der Waals surface area contributed by atoms with Crippen molar-refractivity contribution < 1.29 is 0 Å². The highest BCUT2D eigenvalue weighted by atomic mass is 14.9. The Morgan fingerprint density at radius 1 is 1.43 bits per heavy atom. The van der Waals surface area contributed by atoms with E-state index in [2.05, 4.69) is 25.9 Å². The van der Waals surface area contributed by atoms with Crippen LogP contribution in [0.1, 0.15) is 39.0 Å². The van der Waals surface area contributed by atoms with E-state index in [4.69, 9.17) is 0 Å². The van der Waals surface area contributed by atoms with Crippen molar-refractivity contribution in [1.29, 1.82) is 0 Å². The minimum Gasteiger partial charge on any atom is -0.316 e. The molecule has 1 heteroatoms. The number of hydrogen-bond donors (Lipinski definition) is 1. The molecular formula is C13H23N. The topological polar surface area (TPSA) is 12.0 Å². The van der Waals surface area contributed by atoms with Crippen molar-refractivity contribution in [3.05, 3.63) is 12.2 Å². The normalized spacial score (nSPS) is 36.6. The summed E-state index contributed by atoms with van der Waals surface area (Å²) in [4.78, 5) is 0. The van der Waals surface area contributed by atoms with Gasteiger partial charge in [-0.15, -0.1) is 0 Å². The van der Waals surface area contributed by atoms with E-state index in [1.807, 2.05) is 0 Å². The van der Waals surface area contributed by atoms with Gasteiger partial charge in [0.25, 0.3) is 0 Å². The fourth-order valence-electron chi connectivity index (χ4n) is 3.36. The van der Waals surface area contributed by atoms with Gasteiger partial charge in [-0.25, -0.2) is 0 Å². The van der Waals surface area contributed by atoms with Gasteiger partial charge in [0, 0.05) is 6.04 Å². The van der Waals surface area contributed by atoms with Crippen LogP contribution in [-0.2, 0) is 0 Å². The molecule has 1 N–H and O–H groups in total. The minimum absolute atomic E-state index is 0.720. The van der Waals surface area contributed by atoms with Gasteiger partial charge in [0.1, 0.15) is 0 Å². The van der Waals surface area contributed by atoms with Crippen molar-refractivity contribution in [2.24, 2.45) is 17.8 Å². The zero-order valence-electron chi connectivity index (χ0n) is 9.55. The van der Waals surface area contributed by atoms with E-state index in [1.54, 1.807) is 0 Å². The molecule has 3 unspecified atom stereocenters. The standard InChI is InChI=1S/C13H23N/c1-4-9(2)8-12(14-3)13-10-6-5-7-11(10)13/h10-14H,2,4-8H2,1,3H3. The third-order valence-corrected chi connectivity index (χ3v) is 4.32. The molecular weight excluding hydrogens is 170 g/mol. The Balaban J connectivity index is 1.85. The molecule has 0 amide bonds. The summed E-state index contributed by atoms with van der Waals surface area (Å²) in [5, 5.41) is 3.50. The summed E-state index contributed by atoms with van der Waals surface area (Å²) in [6, 6.07) is 0.720. The molecule has 0 bridgehead atoms. The van der Waals surface area contributed by atoms with Gasteiger partial charge >= 0.3 is 0 Å². The number of rotatable bonds is 5. The monoisotopic (exact) mass is 193 g/mol. The molecule has 0 radical (unpaired) electrons. The van der Waals surface area contributed by atoms with Crippen molar-refractivity contribution >= 4 is 0 Å². The van der Waals surface area contributed by atoms with Crippen LogP contribution in [0.25, 0.3) is 0 Å². The molecule has 0 aromatic carbocycles. The summed E-state index contributed by atoms with van der Waals surface area (Å²) in [7, 11) is 2.11. The molecule has 2 aliphatic carbocycles. The minimum atomic E-state index is 0.720. The van der Waals surface area contributed by atoms with Gasteiger partial charge < -0.3 is 5.32 Å². The molecule has 0 saturated heterocycles. The SMILES string of the molecule is C=C(CC)CC(NC)C1C2CCCC21. The zero-order valence-corrected chi connectivity index (χ0v) is 9.55. The molecule has 2 rings (SSSR count). The van der Waals surface area contributed by atoms with Crippen molar-refractivity contribution in [3.63, 3.8) is 0 Å². The Kier molecular flexibility index (Phi) is 2.96. The summed E-state index contributed by atoms with van der Waals surface area (Å²) in [6.07, 6.45) is 6.81. The van der Waals surface area contributed by atoms with E-state index in [0.29, 0.717) is 0 Å². The van der Waals surface area contributed by atoms with E-state index in [1.165, 1.54) is 31.3 Å². The maximum atomic E-state index is 4.13. The van der Waals surface area contributed by atoms with Gasteiger partial charge in [0.05, 0.1) is 0 Å². The van der Waals surface area contributed by atoms with Crippen molar-refractivity contribution in [2.75, 3.05) is 7.05 Å². The Hall–Kier alpha value is -0.300. The third-order valence-electron chi connectivity index (χ3n) is 4.32. The lowest BCUT2D eigenvalue weighted by Crippen LogP contribution is -2.29. The Morgan fingerprint density at radius 3 is 2.57 bits per heavy atom. The Labute approximate surface area is 88.0 Å². The van der Waals surface area contributed by atoms with Crippen LogP contribution in [-0.4, -0.2) is 13.1 Å². The van der Waals surface area contributed by atoms with Crippen molar-refractivity contribution in [1.82, 2.24) is 5.32 Å². The molecule has 0 spiro atoms. The molecule has 0 heterocycles. The van der Waals surface area contributed by atoms with Crippen LogP contribution >= 0.6 is 0 Å². The van der Waals surface area contributed by atoms with Gasteiger partial charge in [-0.3, -0.25) is 0 Å². The number of fused-ring (bicyclic) bond motifs is 1. The molecule has 1 nitrogen and oxygen atoms in total. The second kappa shape index (κ2) is 4.06. The van der Waals surface area contributed by atoms with E-state index in [0.717, 1.165) is 30.2 Å². The molecule has 3 atom stereocenters. The van der Waals surface area contributed by atoms with Gasteiger partial charge in [-0.1, -0.05) is 25.5 Å². The van der Waals surface area contributed by atoms with Crippen molar-refractivity contribution in [2.45, 2.75) is 45.1 Å². The molecule has 0 aliphatic heterocycles. The van der Waals surface area contributed by atoms with E-state index in [-0.39, 0.29) is 0 Å². The fourth-order valence-corrected chi connectivity index (χ4v) is 3.36. The van der Waals surface area contributed by atoms with Crippen LogP contribution in [0.5, 0.6) is 0 Å². The largest absolute Gasteiger partial charge is 0.316 e. The van der Waals surface area contributed by atoms with Crippen LogP contribution in [0.3, 0.4) is 0 Å². The zero-order chi connectivity index (χ0) is 10.1. The highest BCUT2D eigenvalue weighted by Crippen LogP contribution is 2.59. The second-order valence-electron chi connectivity index (χ2n) is 5.04. The van der Waals surface area contributed by atoms with Crippen LogP contribution in [0.15, 0.2) is 12.2 Å². The quantitative estimate of drug-likeness (QED) is 0.662. The average Bonchev–Trinajstić information content (AvgIpc) is 2.69. The first-order valence-corrected chi connectivity index (χ1v) is 6.11. The highest BCUT2D eigenvalue weighted by molar-refractivity contribution is 5.09. The fraction of sp³-hybridized carbons (Fsp3) is 0.846. The Bertz CT molecular complexity index is 211. The number of hydrogen-bond acceptors (Lipinski definition) is 1. The number of nitrogens with one attached hydrogen (secondary N) is 1. The molecule has 80 valence electrons. The summed E-state index contributed by atoms with van der Waals surface area (Å²) in [6.45, 7) is 6.34. The summed E-state index contributed by atoms with van der Waals surface area (Å²) in [5.74, 6) is 3.12. The van der Waals surface area contributed by atoms with Crippen LogP contribution < -0.4 is 5.32 Å². The summed E-state index contributed by atoms with van der Waals surface area (Å²) >= 11 is 0. The maximum absolute atomic E-state index is 4.13. The van der Waals surface area contributed by atoms with Gasteiger partial charge in [0.2, 0.25) is 0 Å². The first kappa shape index (κ1) is 10.2. The smallest absolute Gasteiger partial charge is 0.0135 e. The van der Waals surface area contributed by atoms with Gasteiger partial charge in [0.15, 0.2) is 0 Å². The van der Waals surface area contributed by atoms with Crippen LogP contribution in [0.4, 0.5) is 0 Å². The molecule has 2 saturated carbocycles.